The van der Waals surface area contributed by atoms with Crippen LogP contribution in [0.15, 0.2) is 22.7 Å². The number of carbonyl (C=O) groups excluding carboxylic acids is 1. The third kappa shape index (κ3) is 3.11. The molecular formula is C13H11Cl2N3O2. The van der Waals surface area contributed by atoms with Crippen LogP contribution >= 0.6 is 23.2 Å². The highest BCUT2D eigenvalue weighted by Gasteiger charge is 2.24. The SMILES string of the molecule is O=C(Nc1nc(CC2CC2)no1)c1cc(Cl)ccc1Cl. The maximum Gasteiger partial charge on any atom is 0.328 e. The summed E-state index contributed by atoms with van der Waals surface area (Å²) >= 11 is 11.8. The lowest BCUT2D eigenvalue weighted by Gasteiger charge is -2.03. The molecule has 0 saturated heterocycles. The van der Waals surface area contributed by atoms with Gasteiger partial charge in [-0.3, -0.25) is 10.1 Å². The van der Waals surface area contributed by atoms with Crippen molar-refractivity contribution < 1.29 is 9.32 Å². The van der Waals surface area contributed by atoms with E-state index in [4.69, 9.17) is 27.7 Å². The Labute approximate surface area is 125 Å². The predicted octanol–water partition coefficient (Wildman–Crippen LogP) is 3.58. The lowest BCUT2D eigenvalue weighted by molar-refractivity contribution is 0.102. The average Bonchev–Trinajstić information content (AvgIpc) is 3.12. The van der Waals surface area contributed by atoms with Crippen molar-refractivity contribution in [2.24, 2.45) is 5.92 Å². The molecule has 1 amide bonds. The van der Waals surface area contributed by atoms with Crippen molar-refractivity contribution in [1.82, 2.24) is 10.1 Å². The Morgan fingerprint density at radius 3 is 2.95 bits per heavy atom. The molecule has 1 aliphatic carbocycles. The number of rotatable bonds is 4. The molecule has 1 fully saturated rings. The lowest BCUT2D eigenvalue weighted by Crippen LogP contribution is -2.12. The molecule has 3 rings (SSSR count). The van der Waals surface area contributed by atoms with Crippen LogP contribution in [0, 0.1) is 5.92 Å². The fourth-order valence-electron chi connectivity index (χ4n) is 1.80. The van der Waals surface area contributed by atoms with Crippen molar-refractivity contribution in [3.8, 4) is 0 Å². The normalized spacial score (nSPS) is 14.3. The van der Waals surface area contributed by atoms with Crippen LogP contribution in [0.4, 0.5) is 6.01 Å². The summed E-state index contributed by atoms with van der Waals surface area (Å²) in [5.41, 5.74) is 0.265. The third-order valence-corrected chi connectivity index (χ3v) is 3.59. The quantitative estimate of drug-likeness (QED) is 0.937. The van der Waals surface area contributed by atoms with Gasteiger partial charge in [0, 0.05) is 11.4 Å². The molecule has 7 heteroatoms. The molecule has 1 aliphatic rings. The number of nitrogens with zero attached hydrogens (tertiary/aromatic N) is 2. The summed E-state index contributed by atoms with van der Waals surface area (Å²) in [6.07, 6.45) is 3.19. The smallest absolute Gasteiger partial charge is 0.315 e. The van der Waals surface area contributed by atoms with E-state index in [0.717, 1.165) is 6.42 Å². The van der Waals surface area contributed by atoms with Gasteiger partial charge in [-0.25, -0.2) is 0 Å². The molecule has 5 nitrogen and oxygen atoms in total. The zero-order chi connectivity index (χ0) is 14.1. The second kappa shape index (κ2) is 5.42. The van der Waals surface area contributed by atoms with Gasteiger partial charge in [-0.1, -0.05) is 28.4 Å². The molecule has 0 unspecified atom stereocenters. The molecule has 2 aromatic rings. The van der Waals surface area contributed by atoms with Crippen LogP contribution in [0.5, 0.6) is 0 Å². The van der Waals surface area contributed by atoms with Crippen LogP contribution in [0.25, 0.3) is 0 Å². The first-order valence-corrected chi connectivity index (χ1v) is 6.96. The van der Waals surface area contributed by atoms with E-state index in [1.807, 2.05) is 0 Å². The summed E-state index contributed by atoms with van der Waals surface area (Å²) in [5.74, 6) is 0.831. The maximum atomic E-state index is 12.0. The molecule has 0 radical (unpaired) electrons. The summed E-state index contributed by atoms with van der Waals surface area (Å²) < 4.78 is 4.99. The van der Waals surface area contributed by atoms with Crippen LogP contribution in [-0.2, 0) is 6.42 Å². The Morgan fingerprint density at radius 2 is 2.20 bits per heavy atom. The van der Waals surface area contributed by atoms with Crippen molar-refractivity contribution in [2.45, 2.75) is 19.3 Å². The zero-order valence-corrected chi connectivity index (χ0v) is 11.9. The van der Waals surface area contributed by atoms with Crippen LogP contribution in [0.1, 0.15) is 29.0 Å². The van der Waals surface area contributed by atoms with Gasteiger partial charge in [0.1, 0.15) is 0 Å². The van der Waals surface area contributed by atoms with Gasteiger partial charge in [0.05, 0.1) is 10.6 Å². The van der Waals surface area contributed by atoms with Crippen LogP contribution < -0.4 is 5.32 Å². The number of hydrogen-bond acceptors (Lipinski definition) is 4. The fourth-order valence-corrected chi connectivity index (χ4v) is 2.18. The first-order chi connectivity index (χ1) is 9.61. The van der Waals surface area contributed by atoms with E-state index in [2.05, 4.69) is 15.5 Å². The molecule has 0 aliphatic heterocycles. The molecule has 1 aromatic heterocycles. The van der Waals surface area contributed by atoms with E-state index >= 15 is 0 Å². The Bertz CT molecular complexity index is 653. The molecule has 0 bridgehead atoms. The maximum absolute atomic E-state index is 12.0. The molecule has 0 spiro atoms. The topological polar surface area (TPSA) is 68.0 Å². The van der Waals surface area contributed by atoms with Crippen molar-refractivity contribution in [1.29, 1.82) is 0 Å². The lowest BCUT2D eigenvalue weighted by atomic mass is 10.2. The van der Waals surface area contributed by atoms with E-state index in [-0.39, 0.29) is 11.6 Å². The van der Waals surface area contributed by atoms with Gasteiger partial charge < -0.3 is 4.52 Å². The molecule has 1 heterocycles. The highest BCUT2D eigenvalue weighted by atomic mass is 35.5. The Balaban J connectivity index is 1.71. The predicted molar refractivity (Wildman–Crippen MR) is 75.1 cm³/mol. The Hall–Kier alpha value is -1.59. The monoisotopic (exact) mass is 311 g/mol. The largest absolute Gasteiger partial charge is 0.328 e. The summed E-state index contributed by atoms with van der Waals surface area (Å²) in [5, 5.41) is 7.08. The summed E-state index contributed by atoms with van der Waals surface area (Å²) in [7, 11) is 0. The van der Waals surface area contributed by atoms with E-state index in [0.29, 0.717) is 21.8 Å². The van der Waals surface area contributed by atoms with Crippen molar-refractivity contribution >= 4 is 35.1 Å². The standard InChI is InChI=1S/C13H11Cl2N3O2/c14-8-3-4-10(15)9(6-8)12(19)17-13-16-11(18-20-13)5-7-1-2-7/h3-4,6-7H,1-2,5H2,(H,16,17,18,19). The third-order valence-electron chi connectivity index (χ3n) is 3.03. The van der Waals surface area contributed by atoms with E-state index in [1.165, 1.54) is 18.9 Å². The van der Waals surface area contributed by atoms with Gasteiger partial charge in [0.15, 0.2) is 5.82 Å². The first-order valence-electron chi connectivity index (χ1n) is 6.21. The minimum atomic E-state index is -0.431. The van der Waals surface area contributed by atoms with E-state index in [1.54, 1.807) is 12.1 Å². The van der Waals surface area contributed by atoms with Crippen molar-refractivity contribution in [2.75, 3.05) is 5.32 Å². The summed E-state index contributed by atoms with van der Waals surface area (Å²) in [4.78, 5) is 16.2. The summed E-state index contributed by atoms with van der Waals surface area (Å²) in [6, 6.07) is 4.73. The highest BCUT2D eigenvalue weighted by Crippen LogP contribution is 2.32. The number of aromatic nitrogens is 2. The second-order valence-electron chi connectivity index (χ2n) is 4.74. The van der Waals surface area contributed by atoms with Crippen LogP contribution in [-0.4, -0.2) is 16.0 Å². The minimum absolute atomic E-state index is 0.0710. The average molecular weight is 312 g/mol. The second-order valence-corrected chi connectivity index (χ2v) is 5.59. The van der Waals surface area contributed by atoms with E-state index in [9.17, 15) is 4.79 Å². The minimum Gasteiger partial charge on any atom is -0.315 e. The molecule has 0 atom stereocenters. The van der Waals surface area contributed by atoms with Gasteiger partial charge >= 0.3 is 6.01 Å². The van der Waals surface area contributed by atoms with Gasteiger partial charge in [0.2, 0.25) is 0 Å². The van der Waals surface area contributed by atoms with Gasteiger partial charge in [0.25, 0.3) is 5.91 Å². The van der Waals surface area contributed by atoms with Crippen molar-refractivity contribution in [3.63, 3.8) is 0 Å². The number of anilines is 1. The van der Waals surface area contributed by atoms with Crippen molar-refractivity contribution in [3.05, 3.63) is 39.6 Å². The van der Waals surface area contributed by atoms with Gasteiger partial charge in [-0.15, -0.1) is 0 Å². The molecule has 20 heavy (non-hydrogen) atoms. The molecule has 104 valence electrons. The number of amides is 1. The number of benzene rings is 1. The van der Waals surface area contributed by atoms with Gasteiger partial charge in [-0.2, -0.15) is 4.98 Å². The number of carbonyl (C=O) groups is 1. The number of hydrogen-bond donors (Lipinski definition) is 1. The van der Waals surface area contributed by atoms with Crippen LogP contribution in [0.2, 0.25) is 10.0 Å². The Morgan fingerprint density at radius 1 is 1.40 bits per heavy atom. The number of halogens is 2. The van der Waals surface area contributed by atoms with Crippen LogP contribution in [0.3, 0.4) is 0 Å². The zero-order valence-electron chi connectivity index (χ0n) is 10.4. The van der Waals surface area contributed by atoms with Gasteiger partial charge in [-0.05, 0) is 37.0 Å². The van der Waals surface area contributed by atoms with E-state index < -0.39 is 5.91 Å². The highest BCUT2D eigenvalue weighted by molar-refractivity contribution is 6.36. The molecule has 1 saturated carbocycles. The Kier molecular flexibility index (Phi) is 3.63. The fraction of sp³-hybridized carbons (Fsp3) is 0.308. The first kappa shape index (κ1) is 13.4. The molecule has 1 N–H and O–H groups in total. The summed E-state index contributed by atoms with van der Waals surface area (Å²) in [6.45, 7) is 0. The molecule has 1 aromatic carbocycles. The number of nitrogens with one attached hydrogen (secondary N) is 1. The molecular weight excluding hydrogens is 301 g/mol.